The van der Waals surface area contributed by atoms with E-state index >= 15 is 0 Å². The van der Waals surface area contributed by atoms with E-state index in [9.17, 15) is 4.79 Å². The van der Waals surface area contributed by atoms with Crippen molar-refractivity contribution in [3.63, 3.8) is 0 Å². The molecule has 2 nitrogen and oxygen atoms in total. The minimum absolute atomic E-state index is 0.0179. The molecular weight excluding hydrogens is 609 g/mol. The van der Waals surface area contributed by atoms with E-state index in [4.69, 9.17) is 4.74 Å². The number of allylic oxidation sites excluding steroid dienone is 2. The number of esters is 1. The van der Waals surface area contributed by atoms with Crippen molar-refractivity contribution in [1.82, 2.24) is 0 Å². The van der Waals surface area contributed by atoms with Crippen LogP contribution in [0.1, 0.15) is 278 Å². The minimum atomic E-state index is 0.0179. The van der Waals surface area contributed by atoms with Gasteiger partial charge >= 0.3 is 5.97 Å². The van der Waals surface area contributed by atoms with Gasteiger partial charge in [-0.2, -0.15) is 0 Å². The van der Waals surface area contributed by atoms with Gasteiger partial charge in [0, 0.05) is 6.42 Å². The molecule has 0 heterocycles. The van der Waals surface area contributed by atoms with Crippen LogP contribution in [-0.2, 0) is 9.53 Å². The molecular formula is C48H94O2. The van der Waals surface area contributed by atoms with Crippen LogP contribution in [0, 0.1) is 5.92 Å². The smallest absolute Gasteiger partial charge is 0.305 e. The Morgan fingerprint density at radius 3 is 1.06 bits per heavy atom. The van der Waals surface area contributed by atoms with Gasteiger partial charge in [-0.1, -0.05) is 251 Å². The third-order valence-electron chi connectivity index (χ3n) is 10.8. The minimum Gasteiger partial charge on any atom is -0.466 e. The van der Waals surface area contributed by atoms with Crippen LogP contribution in [0.25, 0.3) is 0 Å². The second-order valence-corrected chi connectivity index (χ2v) is 16.6. The summed E-state index contributed by atoms with van der Waals surface area (Å²) in [5.41, 5.74) is 0. The predicted octanol–water partition coefficient (Wildman–Crippen LogP) is 17.4. The summed E-state index contributed by atoms with van der Waals surface area (Å²) in [5.74, 6) is 0.907. The first kappa shape index (κ1) is 49.2. The molecule has 0 saturated carbocycles. The molecule has 0 aromatic heterocycles. The standard InChI is InChI=1S/C48H94O2/c1-4-5-6-7-8-9-29-33-36-39-42-45-48(49)50-46-43-40-37-34-31-28-26-24-22-20-18-16-14-12-10-11-13-15-17-19-21-23-25-27-30-32-35-38-41-44-47(2)3/h7-8,47H,4-6,9-46H2,1-3H3. The predicted molar refractivity (Wildman–Crippen MR) is 225 cm³/mol. The van der Waals surface area contributed by atoms with Gasteiger partial charge in [0.05, 0.1) is 6.61 Å². The van der Waals surface area contributed by atoms with Crippen LogP contribution in [0.5, 0.6) is 0 Å². The summed E-state index contributed by atoms with van der Waals surface area (Å²) in [5, 5.41) is 0. The Bertz CT molecular complexity index is 653. The molecule has 0 aromatic carbocycles. The van der Waals surface area contributed by atoms with E-state index in [1.165, 1.54) is 231 Å². The number of unbranched alkanes of at least 4 members (excludes halogenated alkanes) is 35. The van der Waals surface area contributed by atoms with Gasteiger partial charge in [-0.25, -0.2) is 0 Å². The first-order valence-electron chi connectivity index (χ1n) is 23.5. The van der Waals surface area contributed by atoms with Gasteiger partial charge in [0.2, 0.25) is 0 Å². The Balaban J connectivity index is 3.13. The maximum Gasteiger partial charge on any atom is 0.305 e. The number of ether oxygens (including phenoxy) is 1. The van der Waals surface area contributed by atoms with Crippen molar-refractivity contribution in [3.05, 3.63) is 12.2 Å². The molecule has 0 amide bonds. The number of hydrogen-bond donors (Lipinski definition) is 0. The summed E-state index contributed by atoms with van der Waals surface area (Å²) in [6.07, 6.45) is 59.1. The molecule has 0 fully saturated rings. The highest BCUT2D eigenvalue weighted by Crippen LogP contribution is 2.17. The van der Waals surface area contributed by atoms with Gasteiger partial charge in [0.1, 0.15) is 0 Å². The lowest BCUT2D eigenvalue weighted by Gasteiger charge is -2.06. The number of rotatable bonds is 43. The summed E-state index contributed by atoms with van der Waals surface area (Å²) in [6.45, 7) is 7.57. The summed E-state index contributed by atoms with van der Waals surface area (Å²) in [4.78, 5) is 11.9. The van der Waals surface area contributed by atoms with Crippen LogP contribution < -0.4 is 0 Å². The molecule has 50 heavy (non-hydrogen) atoms. The summed E-state index contributed by atoms with van der Waals surface area (Å²) in [6, 6.07) is 0. The molecule has 0 aliphatic carbocycles. The summed E-state index contributed by atoms with van der Waals surface area (Å²) in [7, 11) is 0. The van der Waals surface area contributed by atoms with Crippen LogP contribution in [0.4, 0.5) is 0 Å². The molecule has 0 bridgehead atoms. The SMILES string of the molecule is CCCCC=CCCCCCCCC(=O)OCCCCCCCCCCCCCCCCCCCCCCCCCCCCCCCC(C)C. The van der Waals surface area contributed by atoms with Gasteiger partial charge < -0.3 is 4.74 Å². The van der Waals surface area contributed by atoms with Crippen LogP contribution in [0.3, 0.4) is 0 Å². The van der Waals surface area contributed by atoms with Crippen molar-refractivity contribution in [2.45, 2.75) is 278 Å². The summed E-state index contributed by atoms with van der Waals surface area (Å²) < 4.78 is 5.45. The van der Waals surface area contributed by atoms with E-state index in [1.54, 1.807) is 0 Å². The van der Waals surface area contributed by atoms with Crippen LogP contribution in [-0.4, -0.2) is 12.6 Å². The van der Waals surface area contributed by atoms with Crippen molar-refractivity contribution in [3.8, 4) is 0 Å². The Morgan fingerprint density at radius 2 is 0.700 bits per heavy atom. The van der Waals surface area contributed by atoms with Crippen LogP contribution in [0.15, 0.2) is 12.2 Å². The third kappa shape index (κ3) is 45.2. The molecule has 0 N–H and O–H groups in total. The quantitative estimate of drug-likeness (QED) is 0.0359. The average Bonchev–Trinajstić information content (AvgIpc) is 3.11. The zero-order chi connectivity index (χ0) is 36.3. The third-order valence-corrected chi connectivity index (χ3v) is 10.8. The highest BCUT2D eigenvalue weighted by Gasteiger charge is 2.03. The fourth-order valence-corrected chi connectivity index (χ4v) is 7.31. The lowest BCUT2D eigenvalue weighted by molar-refractivity contribution is -0.143. The van der Waals surface area contributed by atoms with Crippen LogP contribution >= 0.6 is 0 Å². The van der Waals surface area contributed by atoms with Crippen molar-refractivity contribution in [2.75, 3.05) is 6.61 Å². The van der Waals surface area contributed by atoms with Gasteiger partial charge in [-0.3, -0.25) is 4.79 Å². The second kappa shape index (κ2) is 44.4. The molecule has 0 saturated heterocycles. The van der Waals surface area contributed by atoms with Gasteiger partial charge in [0.25, 0.3) is 0 Å². The first-order chi connectivity index (χ1) is 24.7. The Morgan fingerprint density at radius 1 is 0.400 bits per heavy atom. The van der Waals surface area contributed by atoms with Crippen LogP contribution in [0.2, 0.25) is 0 Å². The van der Waals surface area contributed by atoms with Crippen molar-refractivity contribution in [1.29, 1.82) is 0 Å². The van der Waals surface area contributed by atoms with Crippen molar-refractivity contribution in [2.24, 2.45) is 5.92 Å². The molecule has 0 radical (unpaired) electrons. The largest absolute Gasteiger partial charge is 0.466 e. The monoisotopic (exact) mass is 703 g/mol. The average molecular weight is 703 g/mol. The topological polar surface area (TPSA) is 26.3 Å². The Kier molecular flexibility index (Phi) is 43.7. The first-order valence-corrected chi connectivity index (χ1v) is 23.5. The Labute approximate surface area is 316 Å². The van der Waals surface area contributed by atoms with E-state index in [0.717, 1.165) is 25.2 Å². The van der Waals surface area contributed by atoms with E-state index in [1.807, 2.05) is 0 Å². The second-order valence-electron chi connectivity index (χ2n) is 16.6. The molecule has 0 unspecified atom stereocenters. The molecule has 0 rings (SSSR count). The van der Waals surface area contributed by atoms with Gasteiger partial charge in [0.15, 0.2) is 0 Å². The van der Waals surface area contributed by atoms with Crippen molar-refractivity contribution >= 4 is 5.97 Å². The lowest BCUT2D eigenvalue weighted by atomic mass is 10.0. The maximum atomic E-state index is 11.9. The normalized spacial score (nSPS) is 11.8. The van der Waals surface area contributed by atoms with E-state index < -0.39 is 0 Å². The highest BCUT2D eigenvalue weighted by molar-refractivity contribution is 5.69. The lowest BCUT2D eigenvalue weighted by Crippen LogP contribution is -2.05. The van der Waals surface area contributed by atoms with Gasteiger partial charge in [-0.15, -0.1) is 0 Å². The molecule has 298 valence electrons. The maximum absolute atomic E-state index is 11.9. The number of hydrogen-bond acceptors (Lipinski definition) is 2. The highest BCUT2D eigenvalue weighted by atomic mass is 16.5. The van der Waals surface area contributed by atoms with Gasteiger partial charge in [-0.05, 0) is 38.0 Å². The molecule has 2 heteroatoms. The molecule has 0 atom stereocenters. The van der Waals surface area contributed by atoms with Crippen molar-refractivity contribution < 1.29 is 9.53 Å². The summed E-state index contributed by atoms with van der Waals surface area (Å²) >= 11 is 0. The van der Waals surface area contributed by atoms with E-state index in [-0.39, 0.29) is 5.97 Å². The molecule has 0 aliphatic heterocycles. The zero-order valence-corrected chi connectivity index (χ0v) is 35.0. The number of carbonyl (C=O) groups excluding carboxylic acids is 1. The molecule has 0 aliphatic rings. The van der Waals surface area contributed by atoms with E-state index in [2.05, 4.69) is 32.9 Å². The molecule has 0 aromatic rings. The van der Waals surface area contributed by atoms with E-state index in [0.29, 0.717) is 13.0 Å². The fourth-order valence-electron chi connectivity index (χ4n) is 7.31. The fraction of sp³-hybridized carbons (Fsp3) is 0.938. The molecule has 0 spiro atoms. The Hall–Kier alpha value is -0.790. The number of carbonyl (C=O) groups is 1. The zero-order valence-electron chi connectivity index (χ0n) is 35.0.